The number of hydrogen-bond acceptors (Lipinski definition) is 4. The molecule has 0 saturated heterocycles. The van der Waals surface area contributed by atoms with E-state index in [9.17, 15) is 0 Å². The van der Waals surface area contributed by atoms with Crippen molar-refractivity contribution in [2.45, 2.75) is 45.4 Å². The Bertz CT molecular complexity index is 297. The predicted molar refractivity (Wildman–Crippen MR) is 75.5 cm³/mol. The average Bonchev–Trinajstić information content (AvgIpc) is 2.72. The SMILES string of the molecule is CCc1cnc([C@H](C)NCCSC(C)C)s1. The smallest absolute Gasteiger partial charge is 0.109 e. The molecular weight excluding hydrogens is 236 g/mol. The lowest BCUT2D eigenvalue weighted by atomic mass is 10.3. The van der Waals surface area contributed by atoms with Crippen LogP contribution in [0.4, 0.5) is 0 Å². The Labute approximate surface area is 107 Å². The number of hydrogen-bond donors (Lipinski definition) is 1. The van der Waals surface area contributed by atoms with Gasteiger partial charge in [0, 0.05) is 23.4 Å². The highest BCUT2D eigenvalue weighted by Gasteiger charge is 2.08. The average molecular weight is 258 g/mol. The molecule has 0 spiro atoms. The Kier molecular flexibility index (Phi) is 6.39. The van der Waals surface area contributed by atoms with Crippen LogP contribution in [-0.4, -0.2) is 22.5 Å². The molecule has 0 aromatic carbocycles. The fourth-order valence-corrected chi connectivity index (χ4v) is 2.93. The molecule has 0 aliphatic carbocycles. The second kappa shape index (κ2) is 7.30. The Balaban J connectivity index is 2.26. The van der Waals surface area contributed by atoms with Gasteiger partial charge in [0.2, 0.25) is 0 Å². The van der Waals surface area contributed by atoms with Crippen LogP contribution in [0.5, 0.6) is 0 Å². The lowest BCUT2D eigenvalue weighted by Gasteiger charge is -2.11. The van der Waals surface area contributed by atoms with E-state index >= 15 is 0 Å². The molecule has 0 bridgehead atoms. The molecule has 0 aliphatic rings. The van der Waals surface area contributed by atoms with Crippen molar-refractivity contribution in [2.75, 3.05) is 12.3 Å². The molecule has 1 N–H and O–H groups in total. The van der Waals surface area contributed by atoms with Crippen LogP contribution in [0.15, 0.2) is 6.20 Å². The first-order chi connectivity index (χ1) is 7.63. The largest absolute Gasteiger partial charge is 0.307 e. The zero-order valence-corrected chi connectivity index (χ0v) is 12.3. The number of thiazole rings is 1. The summed E-state index contributed by atoms with van der Waals surface area (Å²) in [6.45, 7) is 9.91. The second-order valence-electron chi connectivity index (χ2n) is 4.11. The lowest BCUT2D eigenvalue weighted by Crippen LogP contribution is -2.21. The molecule has 1 aromatic heterocycles. The molecule has 0 amide bonds. The predicted octanol–water partition coefficient (Wildman–Crippen LogP) is 3.50. The summed E-state index contributed by atoms with van der Waals surface area (Å²) in [6, 6.07) is 0.387. The van der Waals surface area contributed by atoms with Crippen LogP contribution < -0.4 is 5.32 Å². The topological polar surface area (TPSA) is 24.9 Å². The van der Waals surface area contributed by atoms with Gasteiger partial charge in [-0.15, -0.1) is 11.3 Å². The van der Waals surface area contributed by atoms with Gasteiger partial charge < -0.3 is 5.32 Å². The standard InChI is InChI=1S/C12H22N2S2/c1-5-11-8-14-12(16-11)10(4)13-6-7-15-9(2)3/h8-10,13H,5-7H2,1-4H3/t10-/m0/s1. The number of aryl methyl sites for hydroxylation is 1. The third-order valence-electron chi connectivity index (χ3n) is 2.29. The Morgan fingerprint density at radius 2 is 2.19 bits per heavy atom. The van der Waals surface area contributed by atoms with Crippen LogP contribution in [-0.2, 0) is 6.42 Å². The molecule has 0 unspecified atom stereocenters. The summed E-state index contributed by atoms with van der Waals surface area (Å²) in [5.74, 6) is 1.17. The van der Waals surface area contributed by atoms with Crippen LogP contribution in [0.25, 0.3) is 0 Å². The summed E-state index contributed by atoms with van der Waals surface area (Å²) in [7, 11) is 0. The summed E-state index contributed by atoms with van der Waals surface area (Å²) in [5.41, 5.74) is 0. The van der Waals surface area contributed by atoms with E-state index in [2.05, 4.69) is 38.0 Å². The lowest BCUT2D eigenvalue weighted by molar-refractivity contribution is 0.597. The molecule has 0 saturated carbocycles. The summed E-state index contributed by atoms with van der Waals surface area (Å²) >= 11 is 3.82. The van der Waals surface area contributed by atoms with Crippen molar-refractivity contribution < 1.29 is 0 Å². The Hall–Kier alpha value is -0.0600. The van der Waals surface area contributed by atoms with Gasteiger partial charge in [-0.1, -0.05) is 20.8 Å². The number of thioether (sulfide) groups is 1. The number of nitrogens with one attached hydrogen (secondary N) is 1. The normalized spacial score (nSPS) is 13.3. The molecule has 1 rings (SSSR count). The highest BCUT2D eigenvalue weighted by Crippen LogP contribution is 2.20. The second-order valence-corrected chi connectivity index (χ2v) is 6.94. The fraction of sp³-hybridized carbons (Fsp3) is 0.750. The maximum atomic E-state index is 4.45. The van der Waals surface area contributed by atoms with Crippen molar-refractivity contribution in [3.8, 4) is 0 Å². The highest BCUT2D eigenvalue weighted by molar-refractivity contribution is 7.99. The van der Waals surface area contributed by atoms with Crippen molar-refractivity contribution in [3.05, 3.63) is 16.1 Å². The van der Waals surface area contributed by atoms with E-state index in [0.717, 1.165) is 18.2 Å². The molecule has 16 heavy (non-hydrogen) atoms. The minimum Gasteiger partial charge on any atom is -0.307 e. The van der Waals surface area contributed by atoms with Gasteiger partial charge >= 0.3 is 0 Å². The van der Waals surface area contributed by atoms with Crippen LogP contribution in [0, 0.1) is 0 Å². The van der Waals surface area contributed by atoms with E-state index in [1.165, 1.54) is 15.6 Å². The number of aromatic nitrogens is 1. The van der Waals surface area contributed by atoms with Gasteiger partial charge in [-0.05, 0) is 18.6 Å². The molecule has 4 heteroatoms. The van der Waals surface area contributed by atoms with Crippen LogP contribution in [0.2, 0.25) is 0 Å². The van der Waals surface area contributed by atoms with E-state index in [0.29, 0.717) is 6.04 Å². The third-order valence-corrected chi connectivity index (χ3v) is 4.72. The summed E-state index contributed by atoms with van der Waals surface area (Å²) < 4.78 is 0. The van der Waals surface area contributed by atoms with Crippen molar-refractivity contribution in [2.24, 2.45) is 0 Å². The van der Waals surface area contributed by atoms with Crippen molar-refractivity contribution in [1.29, 1.82) is 0 Å². The first-order valence-corrected chi connectivity index (χ1v) is 7.79. The molecule has 1 aromatic rings. The summed E-state index contributed by atoms with van der Waals surface area (Å²) in [4.78, 5) is 5.83. The maximum absolute atomic E-state index is 4.45. The van der Waals surface area contributed by atoms with Gasteiger partial charge in [0.15, 0.2) is 0 Å². The number of nitrogens with zero attached hydrogens (tertiary/aromatic N) is 1. The van der Waals surface area contributed by atoms with Gasteiger partial charge in [-0.3, -0.25) is 0 Å². The van der Waals surface area contributed by atoms with E-state index in [1.54, 1.807) is 0 Å². The van der Waals surface area contributed by atoms with Gasteiger partial charge in [-0.25, -0.2) is 4.98 Å². The molecule has 0 fully saturated rings. The molecule has 0 radical (unpaired) electrons. The van der Waals surface area contributed by atoms with Crippen LogP contribution in [0.3, 0.4) is 0 Å². The first kappa shape index (κ1) is 14.0. The van der Waals surface area contributed by atoms with E-state index in [1.807, 2.05) is 29.3 Å². The van der Waals surface area contributed by atoms with Crippen molar-refractivity contribution in [3.63, 3.8) is 0 Å². The zero-order valence-electron chi connectivity index (χ0n) is 10.6. The van der Waals surface area contributed by atoms with Crippen LogP contribution >= 0.6 is 23.1 Å². The van der Waals surface area contributed by atoms with Gasteiger partial charge in [0.05, 0.1) is 6.04 Å². The maximum Gasteiger partial charge on any atom is 0.109 e. The monoisotopic (exact) mass is 258 g/mol. The first-order valence-electron chi connectivity index (χ1n) is 5.93. The summed E-state index contributed by atoms with van der Waals surface area (Å²) in [5, 5.41) is 5.46. The van der Waals surface area contributed by atoms with E-state index < -0.39 is 0 Å². The fourth-order valence-electron chi connectivity index (χ4n) is 1.34. The van der Waals surface area contributed by atoms with Crippen LogP contribution in [0.1, 0.15) is 43.6 Å². The molecule has 2 nitrogen and oxygen atoms in total. The minimum absolute atomic E-state index is 0.387. The van der Waals surface area contributed by atoms with Crippen molar-refractivity contribution in [1.82, 2.24) is 10.3 Å². The molecule has 92 valence electrons. The van der Waals surface area contributed by atoms with Gasteiger partial charge in [-0.2, -0.15) is 11.8 Å². The third kappa shape index (κ3) is 4.85. The van der Waals surface area contributed by atoms with Gasteiger partial charge in [0.25, 0.3) is 0 Å². The molecule has 1 atom stereocenters. The Morgan fingerprint density at radius 1 is 1.44 bits per heavy atom. The summed E-state index contributed by atoms with van der Waals surface area (Å²) in [6.07, 6.45) is 3.09. The highest BCUT2D eigenvalue weighted by atomic mass is 32.2. The Morgan fingerprint density at radius 3 is 2.75 bits per heavy atom. The molecule has 0 aliphatic heterocycles. The van der Waals surface area contributed by atoms with E-state index in [4.69, 9.17) is 0 Å². The van der Waals surface area contributed by atoms with Crippen molar-refractivity contribution >= 4 is 23.1 Å². The zero-order chi connectivity index (χ0) is 12.0. The van der Waals surface area contributed by atoms with E-state index in [-0.39, 0.29) is 0 Å². The van der Waals surface area contributed by atoms with Gasteiger partial charge in [0.1, 0.15) is 5.01 Å². The minimum atomic E-state index is 0.387. The number of rotatable bonds is 7. The molecule has 1 heterocycles. The molecular formula is C12H22N2S2. The quantitative estimate of drug-likeness (QED) is 0.758.